The van der Waals surface area contributed by atoms with Gasteiger partial charge in [-0.15, -0.1) is 0 Å². The highest BCUT2D eigenvalue weighted by atomic mass is 16.3. The number of carbonyl (C=O) groups is 5. The molecule has 12 heteroatoms. The minimum atomic E-state index is -1.35. The van der Waals surface area contributed by atoms with E-state index in [1.165, 1.54) is 0 Å². The number of para-hydroxylation sites is 1. The third-order valence-corrected chi connectivity index (χ3v) is 7.57. The molecule has 7 N–H and O–H groups in total. The Labute approximate surface area is 258 Å². The number of carbonyl (C=O) groups excluding carboxylic acids is 5. The minimum Gasteiger partial charge on any atom is -0.394 e. The molecule has 1 aromatic carbocycles. The Kier molecular flexibility index (Phi) is 12.3. The Bertz CT molecular complexity index is 1320. The second-order valence-corrected chi connectivity index (χ2v) is 12.9. The highest BCUT2D eigenvalue weighted by Gasteiger charge is 2.35. The number of H-pyrrole nitrogens is 1. The lowest BCUT2D eigenvalue weighted by atomic mass is 9.98. The Morgan fingerprint density at radius 1 is 0.591 bits per heavy atom. The molecule has 1 aliphatic rings. The van der Waals surface area contributed by atoms with Crippen LogP contribution < -0.4 is 26.6 Å². The Morgan fingerprint density at radius 2 is 0.977 bits per heavy atom. The monoisotopic (exact) mass is 612 g/mol. The average Bonchev–Trinajstić information content (AvgIpc) is 3.35. The van der Waals surface area contributed by atoms with E-state index in [9.17, 15) is 29.1 Å². The maximum atomic E-state index is 13.9. The lowest BCUT2D eigenvalue weighted by molar-refractivity contribution is -0.135. The molecule has 5 amide bonds. The van der Waals surface area contributed by atoms with Crippen molar-refractivity contribution in [2.75, 3.05) is 6.61 Å². The van der Waals surface area contributed by atoms with Gasteiger partial charge in [-0.1, -0.05) is 59.7 Å². The second kappa shape index (κ2) is 15.7. The third kappa shape index (κ3) is 9.54. The van der Waals surface area contributed by atoms with Crippen LogP contribution in [0, 0.1) is 17.8 Å². The van der Waals surface area contributed by atoms with E-state index in [-0.39, 0.29) is 43.4 Å². The predicted molar refractivity (Wildman–Crippen MR) is 167 cm³/mol. The van der Waals surface area contributed by atoms with E-state index < -0.39 is 66.4 Å². The van der Waals surface area contributed by atoms with Gasteiger partial charge in [-0.2, -0.15) is 0 Å². The number of hydrogen-bond acceptors (Lipinski definition) is 6. The zero-order valence-corrected chi connectivity index (χ0v) is 26.5. The normalized spacial score (nSPS) is 24.4. The summed E-state index contributed by atoms with van der Waals surface area (Å²) in [6.45, 7) is 10.7. The van der Waals surface area contributed by atoms with Gasteiger partial charge in [0.1, 0.15) is 30.2 Å². The Hall–Kier alpha value is -3.93. The van der Waals surface area contributed by atoms with Crippen molar-refractivity contribution in [3.8, 4) is 0 Å². The summed E-state index contributed by atoms with van der Waals surface area (Å²) in [5.41, 5.74) is 1.66. The van der Waals surface area contributed by atoms with Crippen LogP contribution in [-0.4, -0.2) is 76.4 Å². The number of benzene rings is 1. The van der Waals surface area contributed by atoms with Crippen molar-refractivity contribution < 1.29 is 29.1 Å². The number of aromatic amines is 1. The molecule has 1 fully saturated rings. The average molecular weight is 613 g/mol. The van der Waals surface area contributed by atoms with Crippen LogP contribution in [0.25, 0.3) is 10.9 Å². The number of aliphatic hydroxyl groups excluding tert-OH is 1. The zero-order chi connectivity index (χ0) is 32.6. The highest BCUT2D eigenvalue weighted by Crippen LogP contribution is 2.20. The molecule has 2 heterocycles. The predicted octanol–water partition coefficient (Wildman–Crippen LogP) is 1.28. The van der Waals surface area contributed by atoms with Crippen LogP contribution >= 0.6 is 0 Å². The summed E-state index contributed by atoms with van der Waals surface area (Å²) in [7, 11) is 0. The first kappa shape index (κ1) is 34.6. The molecule has 0 radical (unpaired) electrons. The second-order valence-electron chi connectivity index (χ2n) is 12.9. The molecule has 1 aromatic heterocycles. The van der Waals surface area contributed by atoms with E-state index in [1.807, 2.05) is 65.8 Å². The van der Waals surface area contributed by atoms with Gasteiger partial charge in [0.15, 0.2) is 0 Å². The van der Waals surface area contributed by atoms with Crippen molar-refractivity contribution >= 4 is 40.4 Å². The first-order chi connectivity index (χ1) is 20.8. The molecule has 0 aliphatic carbocycles. The van der Waals surface area contributed by atoms with Gasteiger partial charge in [0.25, 0.3) is 0 Å². The molecule has 44 heavy (non-hydrogen) atoms. The number of nitrogens with one attached hydrogen (secondary N) is 6. The van der Waals surface area contributed by atoms with Crippen LogP contribution in [-0.2, 0) is 30.4 Å². The van der Waals surface area contributed by atoms with Crippen LogP contribution in [0.15, 0.2) is 30.5 Å². The number of fused-ring (bicyclic) bond motifs is 1. The number of hydrogen-bond donors (Lipinski definition) is 7. The van der Waals surface area contributed by atoms with Gasteiger partial charge in [0, 0.05) is 23.5 Å². The van der Waals surface area contributed by atoms with Crippen molar-refractivity contribution in [3.05, 3.63) is 36.0 Å². The summed E-state index contributed by atoms with van der Waals surface area (Å²) in [6.07, 6.45) is 2.70. The molecule has 0 saturated carbocycles. The van der Waals surface area contributed by atoms with Crippen LogP contribution in [0.5, 0.6) is 0 Å². The Morgan fingerprint density at radius 3 is 1.43 bits per heavy atom. The number of aliphatic hydroxyl groups is 1. The molecule has 0 unspecified atom stereocenters. The molecule has 0 bridgehead atoms. The van der Waals surface area contributed by atoms with E-state index >= 15 is 0 Å². The molecule has 3 rings (SSSR count). The van der Waals surface area contributed by atoms with Gasteiger partial charge in [0.2, 0.25) is 29.5 Å². The summed E-state index contributed by atoms with van der Waals surface area (Å²) in [5.74, 6) is -3.09. The molecule has 1 saturated heterocycles. The van der Waals surface area contributed by atoms with Gasteiger partial charge >= 0.3 is 0 Å². The van der Waals surface area contributed by atoms with Gasteiger partial charge in [0.05, 0.1) is 6.61 Å². The van der Waals surface area contributed by atoms with Crippen LogP contribution in [0.2, 0.25) is 0 Å². The van der Waals surface area contributed by atoms with Gasteiger partial charge in [-0.25, -0.2) is 0 Å². The number of aromatic nitrogens is 1. The van der Waals surface area contributed by atoms with E-state index in [4.69, 9.17) is 0 Å². The molecule has 1 aliphatic heterocycles. The van der Waals surface area contributed by atoms with Gasteiger partial charge in [-0.3, -0.25) is 24.0 Å². The lowest BCUT2D eigenvalue weighted by Gasteiger charge is -2.27. The molecule has 5 atom stereocenters. The lowest BCUT2D eigenvalue weighted by Crippen LogP contribution is -2.59. The standard InChI is InChI=1S/C32H48N6O6/c1-17(2)11-23-28(40)34-25(13-19(5)6)30(42)38-27(16-39)32(44)36-24(12-18(3)4)29(41)37-26(31(43)35-23)14-20-15-33-22-10-8-7-9-21(20)22/h7-10,15,17-19,23-27,33,39H,11-14,16H2,1-6H3,(H,34,40)(H,35,43)(H,36,44)(H,37,41)(H,38,42)/t23-,24-,25-,26-,27+/m0/s1. The maximum absolute atomic E-state index is 13.9. The zero-order valence-electron chi connectivity index (χ0n) is 26.5. The Balaban J connectivity index is 2.06. The highest BCUT2D eigenvalue weighted by molar-refractivity contribution is 5.98. The first-order valence-electron chi connectivity index (χ1n) is 15.5. The first-order valence-corrected chi connectivity index (χ1v) is 15.5. The van der Waals surface area contributed by atoms with Crippen LogP contribution in [0.3, 0.4) is 0 Å². The fraction of sp³-hybridized carbons (Fsp3) is 0.594. The van der Waals surface area contributed by atoms with Crippen LogP contribution in [0.4, 0.5) is 0 Å². The van der Waals surface area contributed by atoms with Gasteiger partial charge in [-0.05, 0) is 48.6 Å². The minimum absolute atomic E-state index is 0.00507. The van der Waals surface area contributed by atoms with Crippen molar-refractivity contribution in [2.24, 2.45) is 17.8 Å². The molecular weight excluding hydrogens is 564 g/mol. The summed E-state index contributed by atoms with van der Waals surface area (Å²) in [4.78, 5) is 70.9. The summed E-state index contributed by atoms with van der Waals surface area (Å²) in [6, 6.07) is 2.11. The molecule has 0 spiro atoms. The molecule has 242 valence electrons. The van der Waals surface area contributed by atoms with Crippen molar-refractivity contribution in [1.29, 1.82) is 0 Å². The molecular formula is C32H48N6O6. The van der Waals surface area contributed by atoms with E-state index in [0.717, 1.165) is 16.5 Å². The van der Waals surface area contributed by atoms with Gasteiger partial charge < -0.3 is 36.7 Å². The van der Waals surface area contributed by atoms with Crippen molar-refractivity contribution in [3.63, 3.8) is 0 Å². The topological polar surface area (TPSA) is 182 Å². The summed E-state index contributed by atoms with van der Waals surface area (Å²) >= 11 is 0. The van der Waals surface area contributed by atoms with Crippen LogP contribution in [0.1, 0.15) is 66.4 Å². The fourth-order valence-corrected chi connectivity index (χ4v) is 5.39. The fourth-order valence-electron chi connectivity index (χ4n) is 5.39. The van der Waals surface area contributed by atoms with E-state index in [2.05, 4.69) is 31.6 Å². The quantitative estimate of drug-likeness (QED) is 0.224. The molecule has 12 nitrogen and oxygen atoms in total. The number of rotatable bonds is 9. The number of amides is 5. The SMILES string of the molecule is CC(C)C[C@@H]1NC(=O)[C@H](Cc2c[nH]c3ccccc23)NC(=O)[C@H](CC(C)C)NC(=O)[C@@H](CO)NC(=O)[C@H](CC(C)C)NC1=O. The van der Waals surface area contributed by atoms with Crippen molar-refractivity contribution in [1.82, 2.24) is 31.6 Å². The van der Waals surface area contributed by atoms with E-state index in [1.54, 1.807) is 6.20 Å². The smallest absolute Gasteiger partial charge is 0.245 e. The summed E-state index contributed by atoms with van der Waals surface area (Å²) < 4.78 is 0. The largest absolute Gasteiger partial charge is 0.394 e. The molecule has 2 aromatic rings. The summed E-state index contributed by atoms with van der Waals surface area (Å²) in [5, 5.41) is 24.5. The maximum Gasteiger partial charge on any atom is 0.245 e. The third-order valence-electron chi connectivity index (χ3n) is 7.57. The van der Waals surface area contributed by atoms with Crippen molar-refractivity contribution in [2.45, 2.75) is 97.4 Å². The van der Waals surface area contributed by atoms with E-state index in [0.29, 0.717) is 0 Å².